The Kier molecular flexibility index (Phi) is 3.31. The van der Waals surface area contributed by atoms with E-state index in [-0.39, 0.29) is 12.1 Å². The Morgan fingerprint density at radius 1 is 0.955 bits per heavy atom. The minimum Gasteiger partial charge on any atom is -0.449 e. The van der Waals surface area contributed by atoms with Gasteiger partial charge < -0.3 is 14.4 Å². The van der Waals surface area contributed by atoms with Gasteiger partial charge in [0.05, 0.1) is 18.8 Å². The van der Waals surface area contributed by atoms with Gasteiger partial charge in [-0.2, -0.15) is 0 Å². The van der Waals surface area contributed by atoms with Crippen LogP contribution in [0.25, 0.3) is 0 Å². The van der Waals surface area contributed by atoms with Gasteiger partial charge in [-0.1, -0.05) is 30.3 Å². The summed E-state index contributed by atoms with van der Waals surface area (Å²) in [5.41, 5.74) is 3.82. The largest absolute Gasteiger partial charge is 0.449 e. The van der Waals surface area contributed by atoms with Gasteiger partial charge in [0.25, 0.3) is 0 Å². The van der Waals surface area contributed by atoms with Crippen molar-refractivity contribution in [1.29, 1.82) is 0 Å². The Morgan fingerprint density at radius 2 is 1.68 bits per heavy atom. The fourth-order valence-electron chi connectivity index (χ4n) is 3.07. The number of carbonyl (C=O) groups is 1. The van der Waals surface area contributed by atoms with Crippen LogP contribution in [0.15, 0.2) is 48.5 Å². The van der Waals surface area contributed by atoms with Crippen LogP contribution in [0.2, 0.25) is 0 Å². The SMILES string of the molecule is O=C1OC(c2ccc(N3CCOCC3)cc2)c2ccccc21. The molecule has 0 radical (unpaired) electrons. The predicted octanol–water partition coefficient (Wildman–Crippen LogP) is 2.78. The zero-order valence-electron chi connectivity index (χ0n) is 12.2. The molecule has 2 aromatic rings. The third kappa shape index (κ3) is 2.25. The Hall–Kier alpha value is -2.33. The number of hydrogen-bond acceptors (Lipinski definition) is 4. The van der Waals surface area contributed by atoms with Crippen molar-refractivity contribution in [3.63, 3.8) is 0 Å². The molecule has 0 aromatic heterocycles. The highest BCUT2D eigenvalue weighted by atomic mass is 16.5. The number of cyclic esters (lactones) is 1. The van der Waals surface area contributed by atoms with Crippen molar-refractivity contribution < 1.29 is 14.3 Å². The minimum atomic E-state index is -0.289. The van der Waals surface area contributed by atoms with E-state index in [1.165, 1.54) is 5.69 Å². The van der Waals surface area contributed by atoms with Crippen LogP contribution in [0.5, 0.6) is 0 Å². The molecule has 2 heterocycles. The molecule has 0 bridgehead atoms. The molecule has 1 saturated heterocycles. The lowest BCUT2D eigenvalue weighted by atomic mass is 9.99. The summed E-state index contributed by atoms with van der Waals surface area (Å²) in [5, 5.41) is 0. The molecule has 4 heteroatoms. The lowest BCUT2D eigenvalue weighted by Crippen LogP contribution is -2.36. The first kappa shape index (κ1) is 13.3. The smallest absolute Gasteiger partial charge is 0.339 e. The summed E-state index contributed by atoms with van der Waals surface area (Å²) in [6, 6.07) is 15.9. The van der Waals surface area contributed by atoms with E-state index in [0.29, 0.717) is 5.56 Å². The summed E-state index contributed by atoms with van der Waals surface area (Å²) in [6.45, 7) is 3.38. The standard InChI is InChI=1S/C18H17NO3/c20-18-16-4-2-1-3-15(16)17(22-18)13-5-7-14(8-6-13)19-9-11-21-12-10-19/h1-8,17H,9-12H2. The maximum atomic E-state index is 11.9. The normalized spacial score (nSPS) is 20.6. The second-order valence-electron chi connectivity index (χ2n) is 5.56. The van der Waals surface area contributed by atoms with E-state index in [4.69, 9.17) is 9.47 Å². The van der Waals surface area contributed by atoms with Gasteiger partial charge in [-0.3, -0.25) is 0 Å². The number of hydrogen-bond donors (Lipinski definition) is 0. The first-order chi connectivity index (χ1) is 10.8. The zero-order valence-corrected chi connectivity index (χ0v) is 12.2. The summed E-state index contributed by atoms with van der Waals surface area (Å²) in [7, 11) is 0. The van der Waals surface area contributed by atoms with Crippen LogP contribution in [0.1, 0.15) is 27.6 Å². The summed E-state index contributed by atoms with van der Waals surface area (Å²) in [6.07, 6.45) is -0.289. The van der Waals surface area contributed by atoms with E-state index < -0.39 is 0 Å². The van der Waals surface area contributed by atoms with E-state index >= 15 is 0 Å². The monoisotopic (exact) mass is 295 g/mol. The number of esters is 1. The van der Waals surface area contributed by atoms with E-state index in [2.05, 4.69) is 17.0 Å². The molecule has 1 atom stereocenters. The Bertz CT molecular complexity index is 690. The Labute approximate surface area is 129 Å². The summed E-state index contributed by atoms with van der Waals surface area (Å²) >= 11 is 0. The second kappa shape index (κ2) is 5.46. The fraction of sp³-hybridized carbons (Fsp3) is 0.278. The van der Waals surface area contributed by atoms with Gasteiger partial charge in [0, 0.05) is 24.3 Å². The van der Waals surface area contributed by atoms with Crippen LogP contribution in [0.3, 0.4) is 0 Å². The van der Waals surface area contributed by atoms with Crippen LogP contribution in [0, 0.1) is 0 Å². The van der Waals surface area contributed by atoms with Crippen LogP contribution < -0.4 is 4.90 Å². The number of carbonyl (C=O) groups excluding carboxylic acids is 1. The number of benzene rings is 2. The van der Waals surface area contributed by atoms with Crippen molar-refractivity contribution in [1.82, 2.24) is 0 Å². The molecule has 1 unspecified atom stereocenters. The van der Waals surface area contributed by atoms with E-state index in [1.54, 1.807) is 0 Å². The molecule has 0 amide bonds. The topological polar surface area (TPSA) is 38.8 Å². The predicted molar refractivity (Wildman–Crippen MR) is 83.2 cm³/mol. The van der Waals surface area contributed by atoms with E-state index in [9.17, 15) is 4.79 Å². The molecule has 2 aliphatic rings. The molecule has 0 aliphatic carbocycles. The quantitative estimate of drug-likeness (QED) is 0.799. The molecule has 0 saturated carbocycles. The molecule has 0 N–H and O–H groups in total. The number of ether oxygens (including phenoxy) is 2. The molecule has 4 nitrogen and oxygen atoms in total. The van der Waals surface area contributed by atoms with Crippen molar-refractivity contribution in [2.45, 2.75) is 6.10 Å². The number of fused-ring (bicyclic) bond motifs is 1. The molecule has 2 aliphatic heterocycles. The van der Waals surface area contributed by atoms with Gasteiger partial charge >= 0.3 is 5.97 Å². The van der Waals surface area contributed by atoms with E-state index in [0.717, 1.165) is 37.4 Å². The highest BCUT2D eigenvalue weighted by Crippen LogP contribution is 2.36. The fourth-order valence-corrected chi connectivity index (χ4v) is 3.07. The van der Waals surface area contributed by atoms with Crippen LogP contribution in [-0.2, 0) is 9.47 Å². The molecule has 1 fully saturated rings. The molecule has 112 valence electrons. The minimum absolute atomic E-state index is 0.238. The average molecular weight is 295 g/mol. The number of morpholine rings is 1. The maximum Gasteiger partial charge on any atom is 0.339 e. The lowest BCUT2D eigenvalue weighted by molar-refractivity contribution is 0.0456. The molecule has 2 aromatic carbocycles. The molecule has 4 rings (SSSR count). The van der Waals surface area contributed by atoms with Gasteiger partial charge in [0.15, 0.2) is 6.10 Å². The van der Waals surface area contributed by atoms with Crippen LogP contribution in [0.4, 0.5) is 5.69 Å². The average Bonchev–Trinajstić information content (AvgIpc) is 2.93. The summed E-state index contributed by atoms with van der Waals surface area (Å²) in [4.78, 5) is 14.2. The van der Waals surface area contributed by atoms with Gasteiger partial charge in [-0.05, 0) is 23.8 Å². The third-order valence-corrected chi connectivity index (χ3v) is 4.26. The highest BCUT2D eigenvalue weighted by molar-refractivity contribution is 5.94. The van der Waals surface area contributed by atoms with Crippen molar-refractivity contribution in [2.75, 3.05) is 31.2 Å². The first-order valence-electron chi connectivity index (χ1n) is 7.55. The third-order valence-electron chi connectivity index (χ3n) is 4.26. The van der Waals surface area contributed by atoms with Crippen molar-refractivity contribution in [2.24, 2.45) is 0 Å². The lowest BCUT2D eigenvalue weighted by Gasteiger charge is -2.29. The Balaban J connectivity index is 1.60. The van der Waals surface area contributed by atoms with E-state index in [1.807, 2.05) is 36.4 Å². The molecular weight excluding hydrogens is 278 g/mol. The number of rotatable bonds is 2. The maximum absolute atomic E-state index is 11.9. The van der Waals surface area contributed by atoms with Gasteiger partial charge in [0.2, 0.25) is 0 Å². The molecule has 22 heavy (non-hydrogen) atoms. The van der Waals surface area contributed by atoms with Gasteiger partial charge in [-0.15, -0.1) is 0 Å². The summed E-state index contributed by atoms with van der Waals surface area (Å²) < 4.78 is 10.9. The summed E-state index contributed by atoms with van der Waals surface area (Å²) in [5.74, 6) is -0.238. The van der Waals surface area contributed by atoms with Gasteiger partial charge in [0.1, 0.15) is 0 Å². The Morgan fingerprint density at radius 3 is 2.45 bits per heavy atom. The van der Waals surface area contributed by atoms with Crippen LogP contribution in [-0.4, -0.2) is 32.3 Å². The molecular formula is C18H17NO3. The second-order valence-corrected chi connectivity index (χ2v) is 5.56. The number of nitrogens with zero attached hydrogens (tertiary/aromatic N) is 1. The van der Waals surface area contributed by atoms with Crippen molar-refractivity contribution >= 4 is 11.7 Å². The highest BCUT2D eigenvalue weighted by Gasteiger charge is 2.31. The number of anilines is 1. The van der Waals surface area contributed by atoms with Crippen molar-refractivity contribution in [3.8, 4) is 0 Å². The molecule has 0 spiro atoms. The van der Waals surface area contributed by atoms with Crippen LogP contribution >= 0.6 is 0 Å². The van der Waals surface area contributed by atoms with Crippen molar-refractivity contribution in [3.05, 3.63) is 65.2 Å². The first-order valence-corrected chi connectivity index (χ1v) is 7.55. The zero-order chi connectivity index (χ0) is 14.9. The van der Waals surface area contributed by atoms with Gasteiger partial charge in [-0.25, -0.2) is 4.79 Å².